The number of nitrogens with one attached hydrogen (secondary N) is 1. The quantitative estimate of drug-likeness (QED) is 0.862. The number of hydrogen-bond donors (Lipinski definition) is 2. The van der Waals surface area contributed by atoms with Crippen molar-refractivity contribution in [2.75, 3.05) is 6.54 Å². The molecule has 1 aromatic rings. The Hall–Kier alpha value is -0.930. The lowest BCUT2D eigenvalue weighted by Crippen LogP contribution is -2.35. The number of aliphatic hydroxyl groups is 1. The van der Waals surface area contributed by atoms with Crippen molar-refractivity contribution in [3.8, 4) is 0 Å². The molecule has 100 valence electrons. The number of hydrogen-bond acceptors (Lipinski definition) is 2. The average molecular weight is 251 g/mol. The van der Waals surface area contributed by atoms with E-state index in [1.54, 1.807) is 12.1 Å². The van der Waals surface area contributed by atoms with Crippen LogP contribution in [0.3, 0.4) is 0 Å². The van der Waals surface area contributed by atoms with Gasteiger partial charge in [0.1, 0.15) is 5.82 Å². The second kappa shape index (κ2) is 5.81. The largest absolute Gasteiger partial charge is 0.387 e. The first-order valence-electron chi connectivity index (χ1n) is 6.75. The van der Waals surface area contributed by atoms with Gasteiger partial charge in [0.25, 0.3) is 0 Å². The predicted molar refractivity (Wildman–Crippen MR) is 70.7 cm³/mol. The molecule has 0 heterocycles. The molecule has 2 rings (SSSR count). The second-order valence-corrected chi connectivity index (χ2v) is 5.50. The standard InChI is InChI=1S/C15H22FNO/c1-10-3-8-14(11(10)2)17-9-15(18)12-4-6-13(16)7-5-12/h4-7,10-11,14-15,17-18H,3,8-9H2,1-2H3. The second-order valence-electron chi connectivity index (χ2n) is 5.50. The van der Waals surface area contributed by atoms with Crippen LogP contribution < -0.4 is 5.32 Å². The van der Waals surface area contributed by atoms with Crippen molar-refractivity contribution in [3.05, 3.63) is 35.6 Å². The molecule has 0 radical (unpaired) electrons. The minimum absolute atomic E-state index is 0.267. The molecule has 4 unspecified atom stereocenters. The number of aliphatic hydroxyl groups excluding tert-OH is 1. The number of rotatable bonds is 4. The Kier molecular flexibility index (Phi) is 4.36. The maximum absolute atomic E-state index is 12.8. The Bertz CT molecular complexity index is 379. The normalized spacial score (nSPS) is 29.4. The van der Waals surface area contributed by atoms with Gasteiger partial charge in [-0.1, -0.05) is 26.0 Å². The zero-order valence-electron chi connectivity index (χ0n) is 11.1. The Morgan fingerprint density at radius 2 is 1.94 bits per heavy atom. The van der Waals surface area contributed by atoms with Crippen LogP contribution in [0, 0.1) is 17.7 Å². The first kappa shape index (κ1) is 13.5. The predicted octanol–water partition coefficient (Wildman–Crippen LogP) is 2.88. The van der Waals surface area contributed by atoms with Gasteiger partial charge < -0.3 is 10.4 Å². The molecule has 1 aromatic carbocycles. The van der Waals surface area contributed by atoms with Crippen molar-refractivity contribution >= 4 is 0 Å². The summed E-state index contributed by atoms with van der Waals surface area (Å²) in [5, 5.41) is 13.5. The molecule has 0 bridgehead atoms. The summed E-state index contributed by atoms with van der Waals surface area (Å²) in [6.07, 6.45) is 1.87. The lowest BCUT2D eigenvalue weighted by atomic mass is 9.97. The van der Waals surface area contributed by atoms with Crippen molar-refractivity contribution in [1.29, 1.82) is 0 Å². The molecule has 0 aliphatic heterocycles. The molecule has 2 nitrogen and oxygen atoms in total. The Balaban J connectivity index is 1.85. The lowest BCUT2D eigenvalue weighted by molar-refractivity contribution is 0.165. The van der Waals surface area contributed by atoms with Crippen LogP contribution in [0.2, 0.25) is 0 Å². The van der Waals surface area contributed by atoms with Gasteiger partial charge in [-0.15, -0.1) is 0 Å². The van der Waals surface area contributed by atoms with Gasteiger partial charge in [-0.05, 0) is 42.4 Å². The summed E-state index contributed by atoms with van der Waals surface area (Å²) >= 11 is 0. The molecule has 3 heteroatoms. The van der Waals surface area contributed by atoms with E-state index in [2.05, 4.69) is 19.2 Å². The van der Waals surface area contributed by atoms with Gasteiger partial charge >= 0.3 is 0 Å². The van der Waals surface area contributed by atoms with E-state index in [1.165, 1.54) is 25.0 Å². The number of halogens is 1. The summed E-state index contributed by atoms with van der Waals surface area (Å²) in [6.45, 7) is 5.08. The summed E-state index contributed by atoms with van der Waals surface area (Å²) < 4.78 is 12.8. The molecular formula is C15H22FNO. The van der Waals surface area contributed by atoms with E-state index >= 15 is 0 Å². The van der Waals surface area contributed by atoms with Crippen molar-refractivity contribution in [1.82, 2.24) is 5.32 Å². The van der Waals surface area contributed by atoms with E-state index in [1.807, 2.05) is 0 Å². The van der Waals surface area contributed by atoms with Gasteiger partial charge in [-0.25, -0.2) is 4.39 Å². The van der Waals surface area contributed by atoms with Crippen LogP contribution in [0.5, 0.6) is 0 Å². The molecule has 0 saturated heterocycles. The van der Waals surface area contributed by atoms with Crippen LogP contribution in [0.1, 0.15) is 38.4 Å². The fraction of sp³-hybridized carbons (Fsp3) is 0.600. The van der Waals surface area contributed by atoms with Crippen LogP contribution >= 0.6 is 0 Å². The molecule has 0 spiro atoms. The van der Waals surface area contributed by atoms with Crippen molar-refractivity contribution < 1.29 is 9.50 Å². The average Bonchev–Trinajstić information content (AvgIpc) is 2.68. The van der Waals surface area contributed by atoms with E-state index in [-0.39, 0.29) is 5.82 Å². The summed E-state index contributed by atoms with van der Waals surface area (Å²) in [4.78, 5) is 0. The third-order valence-electron chi connectivity index (χ3n) is 4.29. The van der Waals surface area contributed by atoms with Gasteiger partial charge in [0.2, 0.25) is 0 Å². The molecular weight excluding hydrogens is 229 g/mol. The van der Waals surface area contributed by atoms with E-state index in [9.17, 15) is 9.50 Å². The van der Waals surface area contributed by atoms with Crippen LogP contribution in [-0.4, -0.2) is 17.7 Å². The van der Waals surface area contributed by atoms with Crippen LogP contribution in [0.15, 0.2) is 24.3 Å². The highest BCUT2D eigenvalue weighted by Crippen LogP contribution is 2.31. The molecule has 1 saturated carbocycles. The highest BCUT2D eigenvalue weighted by atomic mass is 19.1. The Morgan fingerprint density at radius 3 is 2.50 bits per heavy atom. The van der Waals surface area contributed by atoms with Gasteiger partial charge in [-0.2, -0.15) is 0 Å². The van der Waals surface area contributed by atoms with Crippen molar-refractivity contribution in [2.45, 2.75) is 38.8 Å². The van der Waals surface area contributed by atoms with Crippen molar-refractivity contribution in [3.63, 3.8) is 0 Å². The molecule has 1 aliphatic rings. The molecule has 0 aromatic heterocycles. The fourth-order valence-electron chi connectivity index (χ4n) is 2.72. The number of benzene rings is 1. The van der Waals surface area contributed by atoms with Gasteiger partial charge in [0, 0.05) is 12.6 Å². The summed E-state index contributed by atoms with van der Waals surface area (Å²) in [7, 11) is 0. The summed E-state index contributed by atoms with van der Waals surface area (Å²) in [6, 6.07) is 6.55. The smallest absolute Gasteiger partial charge is 0.123 e. The first-order chi connectivity index (χ1) is 8.58. The molecule has 1 fully saturated rings. The molecule has 4 atom stereocenters. The topological polar surface area (TPSA) is 32.3 Å². The van der Waals surface area contributed by atoms with E-state index in [4.69, 9.17) is 0 Å². The van der Waals surface area contributed by atoms with E-state index < -0.39 is 6.10 Å². The van der Waals surface area contributed by atoms with Crippen LogP contribution in [0.4, 0.5) is 4.39 Å². The molecule has 2 N–H and O–H groups in total. The minimum atomic E-state index is -0.561. The summed E-state index contributed by atoms with van der Waals surface area (Å²) in [5.74, 6) is 1.15. The molecule has 1 aliphatic carbocycles. The van der Waals surface area contributed by atoms with Gasteiger partial charge in [0.15, 0.2) is 0 Å². The highest BCUT2D eigenvalue weighted by molar-refractivity contribution is 5.18. The fourth-order valence-corrected chi connectivity index (χ4v) is 2.72. The highest BCUT2D eigenvalue weighted by Gasteiger charge is 2.29. The lowest BCUT2D eigenvalue weighted by Gasteiger charge is -2.21. The molecule has 0 amide bonds. The summed E-state index contributed by atoms with van der Waals surface area (Å²) in [5.41, 5.74) is 0.766. The van der Waals surface area contributed by atoms with Crippen molar-refractivity contribution in [2.24, 2.45) is 11.8 Å². The van der Waals surface area contributed by atoms with Crippen LogP contribution in [-0.2, 0) is 0 Å². The Morgan fingerprint density at radius 1 is 1.28 bits per heavy atom. The van der Waals surface area contributed by atoms with Gasteiger partial charge in [-0.3, -0.25) is 0 Å². The minimum Gasteiger partial charge on any atom is -0.387 e. The zero-order chi connectivity index (χ0) is 13.1. The SMILES string of the molecule is CC1CCC(NCC(O)c2ccc(F)cc2)C1C. The maximum Gasteiger partial charge on any atom is 0.123 e. The maximum atomic E-state index is 12.8. The first-order valence-corrected chi connectivity index (χ1v) is 6.75. The zero-order valence-corrected chi connectivity index (χ0v) is 11.1. The third kappa shape index (κ3) is 3.09. The third-order valence-corrected chi connectivity index (χ3v) is 4.29. The van der Waals surface area contributed by atoms with E-state index in [0.717, 1.165) is 11.5 Å². The molecule has 18 heavy (non-hydrogen) atoms. The Labute approximate surface area is 108 Å². The van der Waals surface area contributed by atoms with Gasteiger partial charge in [0.05, 0.1) is 6.10 Å². The van der Waals surface area contributed by atoms with Crippen LogP contribution in [0.25, 0.3) is 0 Å². The van der Waals surface area contributed by atoms with E-state index in [0.29, 0.717) is 18.5 Å². The monoisotopic (exact) mass is 251 g/mol.